The maximum atomic E-state index is 4.25. The summed E-state index contributed by atoms with van der Waals surface area (Å²) in [7, 11) is 3.25. The van der Waals surface area contributed by atoms with Crippen LogP contribution in [0.25, 0.3) is 0 Å². The zero-order valence-corrected chi connectivity index (χ0v) is 5.82. The first kappa shape index (κ1) is 10.0. The molecule has 1 nitrogen and oxygen atoms in total. The lowest BCUT2D eigenvalue weighted by Crippen LogP contribution is -1.55. The summed E-state index contributed by atoms with van der Waals surface area (Å²) < 4.78 is 4.25. The van der Waals surface area contributed by atoms with Crippen molar-refractivity contribution in [2.24, 2.45) is 0 Å². The van der Waals surface area contributed by atoms with Gasteiger partial charge >= 0.3 is 0 Å². The quantitative estimate of drug-likeness (QED) is 0.495. The van der Waals surface area contributed by atoms with Crippen LogP contribution in [0.15, 0.2) is 0 Å². The Hall–Kier alpha value is -0.0400. The van der Waals surface area contributed by atoms with Gasteiger partial charge in [0.15, 0.2) is 0 Å². The normalized spacial score (nSPS) is 6.86. The number of hydrogen-bond acceptors (Lipinski definition) is 1. The number of methoxy groups -OCH3 is 1. The van der Waals surface area contributed by atoms with E-state index in [1.54, 1.807) is 14.2 Å². The Balaban J connectivity index is 0. The number of rotatable bonds is 1. The lowest BCUT2D eigenvalue weighted by atomic mass is 10.4. The second kappa shape index (κ2) is 16.7. The van der Waals surface area contributed by atoms with E-state index in [4.69, 9.17) is 0 Å². The second-order valence-electron chi connectivity index (χ2n) is 1.41. The largest absolute Gasteiger partial charge is 0.388 e. The molecule has 0 atom stereocenters. The van der Waals surface area contributed by atoms with Crippen molar-refractivity contribution >= 4 is 0 Å². The fourth-order valence-electron chi connectivity index (χ4n) is 0. The summed E-state index contributed by atoms with van der Waals surface area (Å²) >= 11 is 0. The van der Waals surface area contributed by atoms with E-state index in [2.05, 4.69) is 18.6 Å². The Morgan fingerprint density at radius 2 is 1.14 bits per heavy atom. The van der Waals surface area contributed by atoms with Crippen molar-refractivity contribution in [3.05, 3.63) is 0 Å². The van der Waals surface area contributed by atoms with Crippen LogP contribution in [-0.4, -0.2) is 14.2 Å². The van der Waals surface area contributed by atoms with E-state index in [1.165, 1.54) is 12.8 Å². The highest BCUT2D eigenvalue weighted by Gasteiger charge is 1.56. The van der Waals surface area contributed by atoms with Gasteiger partial charge in [-0.1, -0.05) is 26.7 Å². The summed E-state index contributed by atoms with van der Waals surface area (Å²) in [6.07, 6.45) is 2.64. The topological polar surface area (TPSA) is 9.23 Å². The van der Waals surface area contributed by atoms with Crippen molar-refractivity contribution in [2.75, 3.05) is 14.2 Å². The zero-order valence-electron chi connectivity index (χ0n) is 5.82. The van der Waals surface area contributed by atoms with Crippen LogP contribution in [0.3, 0.4) is 0 Å². The molecule has 0 saturated heterocycles. The molecule has 7 heavy (non-hydrogen) atoms. The second-order valence-corrected chi connectivity index (χ2v) is 1.41. The molecule has 0 saturated carbocycles. The average molecular weight is 104 g/mol. The van der Waals surface area contributed by atoms with Gasteiger partial charge in [0.2, 0.25) is 0 Å². The van der Waals surface area contributed by atoms with Gasteiger partial charge in [0.25, 0.3) is 0 Å². The highest BCUT2D eigenvalue weighted by Crippen LogP contribution is 1.76. The van der Waals surface area contributed by atoms with Crippen LogP contribution in [0.1, 0.15) is 26.7 Å². The summed E-state index contributed by atoms with van der Waals surface area (Å²) in [5.74, 6) is 0. The molecule has 0 aliphatic carbocycles. The fraction of sp³-hybridized carbons (Fsp3) is 1.00. The predicted molar refractivity (Wildman–Crippen MR) is 33.5 cm³/mol. The van der Waals surface area contributed by atoms with Crippen molar-refractivity contribution in [2.45, 2.75) is 26.7 Å². The maximum absolute atomic E-state index is 4.25. The molecule has 0 rings (SSSR count). The van der Waals surface area contributed by atoms with Crippen LogP contribution >= 0.6 is 0 Å². The minimum atomic E-state index is 1.32. The lowest BCUT2D eigenvalue weighted by molar-refractivity contribution is 0.277. The van der Waals surface area contributed by atoms with E-state index in [1.807, 2.05) is 0 Å². The van der Waals surface area contributed by atoms with Gasteiger partial charge in [-0.3, -0.25) is 0 Å². The van der Waals surface area contributed by atoms with Crippen molar-refractivity contribution in [1.82, 2.24) is 0 Å². The first-order valence-electron chi connectivity index (χ1n) is 2.73. The minimum absolute atomic E-state index is 1.32. The van der Waals surface area contributed by atoms with E-state index in [-0.39, 0.29) is 0 Å². The van der Waals surface area contributed by atoms with Gasteiger partial charge in [0.1, 0.15) is 0 Å². The van der Waals surface area contributed by atoms with Crippen LogP contribution in [0.4, 0.5) is 0 Å². The predicted octanol–water partition coefficient (Wildman–Crippen LogP) is 2.07. The SMILES string of the molecule is CCCC.COC. The Kier molecular flexibility index (Phi) is 24.0. The highest BCUT2D eigenvalue weighted by atomic mass is 16.4. The molecule has 0 aromatic heterocycles. The smallest absolute Gasteiger partial charge is 0.0351 e. The summed E-state index contributed by atoms with van der Waals surface area (Å²) in [6, 6.07) is 0. The van der Waals surface area contributed by atoms with Crippen LogP contribution < -0.4 is 0 Å². The molecule has 0 fully saturated rings. The number of ether oxygens (including phenoxy) is 1. The summed E-state index contributed by atoms with van der Waals surface area (Å²) in [6.45, 7) is 4.36. The molecule has 1 heteroatoms. The van der Waals surface area contributed by atoms with Crippen LogP contribution in [0.5, 0.6) is 0 Å². The molecule has 0 heterocycles. The lowest BCUT2D eigenvalue weighted by Gasteiger charge is -1.68. The Labute approximate surface area is 46.7 Å². The van der Waals surface area contributed by atoms with Crippen LogP contribution in [-0.2, 0) is 4.74 Å². The van der Waals surface area contributed by atoms with Crippen molar-refractivity contribution in [3.63, 3.8) is 0 Å². The summed E-state index contributed by atoms with van der Waals surface area (Å²) in [5.41, 5.74) is 0. The molecule has 0 spiro atoms. The van der Waals surface area contributed by atoms with Gasteiger partial charge < -0.3 is 4.74 Å². The molecule has 0 aromatic carbocycles. The molecular formula is C6H16O. The van der Waals surface area contributed by atoms with E-state index in [0.29, 0.717) is 0 Å². The van der Waals surface area contributed by atoms with Crippen molar-refractivity contribution < 1.29 is 4.74 Å². The Morgan fingerprint density at radius 3 is 1.14 bits per heavy atom. The Morgan fingerprint density at radius 1 is 1.00 bits per heavy atom. The van der Waals surface area contributed by atoms with Gasteiger partial charge in [0.05, 0.1) is 0 Å². The molecule has 0 radical (unpaired) electrons. The standard InChI is InChI=1S/C4H10.C2H6O/c1-3-4-2;1-3-2/h3-4H2,1-2H3;1-2H3. The molecule has 0 amide bonds. The fourth-order valence-corrected chi connectivity index (χ4v) is 0. The summed E-state index contributed by atoms with van der Waals surface area (Å²) in [5, 5.41) is 0. The molecule has 0 aromatic rings. The van der Waals surface area contributed by atoms with Crippen molar-refractivity contribution in [3.8, 4) is 0 Å². The van der Waals surface area contributed by atoms with Gasteiger partial charge in [-0.05, 0) is 0 Å². The summed E-state index contributed by atoms with van der Waals surface area (Å²) in [4.78, 5) is 0. The number of unbranched alkanes of at least 4 members (excludes halogenated alkanes) is 1. The molecule has 0 aliphatic heterocycles. The van der Waals surface area contributed by atoms with Crippen LogP contribution in [0.2, 0.25) is 0 Å². The minimum Gasteiger partial charge on any atom is -0.388 e. The molecule has 0 aliphatic rings. The zero-order chi connectivity index (χ0) is 6.12. The van der Waals surface area contributed by atoms with E-state index in [9.17, 15) is 0 Å². The third-order valence-electron chi connectivity index (χ3n) is 0.500. The Bertz CT molecular complexity index is 11.7. The molecule has 0 unspecified atom stereocenters. The highest BCUT2D eigenvalue weighted by molar-refractivity contribution is 4.12. The average Bonchev–Trinajstić information content (AvgIpc) is 1.69. The first-order valence-corrected chi connectivity index (χ1v) is 2.73. The molecule has 46 valence electrons. The van der Waals surface area contributed by atoms with Crippen molar-refractivity contribution in [1.29, 1.82) is 0 Å². The van der Waals surface area contributed by atoms with E-state index in [0.717, 1.165) is 0 Å². The van der Waals surface area contributed by atoms with Gasteiger partial charge in [0, 0.05) is 14.2 Å². The van der Waals surface area contributed by atoms with Gasteiger partial charge in [-0.25, -0.2) is 0 Å². The monoisotopic (exact) mass is 104 g/mol. The molecular weight excluding hydrogens is 88.1 g/mol. The first-order chi connectivity index (χ1) is 3.33. The van der Waals surface area contributed by atoms with E-state index >= 15 is 0 Å². The maximum Gasteiger partial charge on any atom is 0.0351 e. The molecule has 0 bridgehead atoms. The third-order valence-corrected chi connectivity index (χ3v) is 0.500. The van der Waals surface area contributed by atoms with Gasteiger partial charge in [-0.2, -0.15) is 0 Å². The molecule has 0 N–H and O–H groups in total. The number of hydrogen-bond donors (Lipinski definition) is 0. The van der Waals surface area contributed by atoms with E-state index < -0.39 is 0 Å². The van der Waals surface area contributed by atoms with Crippen LogP contribution in [0, 0.1) is 0 Å². The van der Waals surface area contributed by atoms with Gasteiger partial charge in [-0.15, -0.1) is 0 Å². The third kappa shape index (κ3) is 101.